The lowest BCUT2D eigenvalue weighted by Crippen LogP contribution is -2.12. The summed E-state index contributed by atoms with van der Waals surface area (Å²) in [5, 5.41) is 4.27. The molecule has 0 aromatic heterocycles. The zero-order valence-electron chi connectivity index (χ0n) is 11.9. The normalized spacial score (nSPS) is 13.4. The fourth-order valence-corrected chi connectivity index (χ4v) is 2.98. The average molecular weight is 287 g/mol. The van der Waals surface area contributed by atoms with E-state index in [4.69, 9.17) is 11.6 Å². The van der Waals surface area contributed by atoms with Crippen molar-refractivity contribution in [2.24, 2.45) is 0 Å². The Morgan fingerprint density at radius 3 is 2.85 bits per heavy atom. The zero-order chi connectivity index (χ0) is 14.1. The molecule has 3 rings (SSSR count). The summed E-state index contributed by atoms with van der Waals surface area (Å²) in [4.78, 5) is 2.32. The minimum absolute atomic E-state index is 0.786. The number of likely N-dealkylation sites (N-methyl/N-ethyl adjacent to an activating group) is 1. The Hall–Kier alpha value is -1.67. The van der Waals surface area contributed by atoms with E-state index >= 15 is 0 Å². The van der Waals surface area contributed by atoms with Crippen molar-refractivity contribution in [2.45, 2.75) is 19.9 Å². The maximum absolute atomic E-state index is 5.98. The van der Waals surface area contributed by atoms with Crippen LogP contribution in [-0.4, -0.2) is 13.6 Å². The summed E-state index contributed by atoms with van der Waals surface area (Å²) in [6, 6.07) is 12.7. The van der Waals surface area contributed by atoms with Crippen LogP contribution >= 0.6 is 11.6 Å². The van der Waals surface area contributed by atoms with Crippen molar-refractivity contribution in [3.8, 4) is 0 Å². The molecule has 1 heterocycles. The van der Waals surface area contributed by atoms with Gasteiger partial charge in [0.2, 0.25) is 0 Å². The molecule has 0 aliphatic carbocycles. The van der Waals surface area contributed by atoms with Crippen LogP contribution in [0.4, 0.5) is 11.4 Å². The van der Waals surface area contributed by atoms with Gasteiger partial charge in [-0.1, -0.05) is 23.7 Å². The van der Waals surface area contributed by atoms with E-state index in [1.54, 1.807) is 0 Å². The lowest BCUT2D eigenvalue weighted by molar-refractivity contribution is 0.955. The summed E-state index contributed by atoms with van der Waals surface area (Å²) >= 11 is 5.98. The molecular weight excluding hydrogens is 268 g/mol. The van der Waals surface area contributed by atoms with Crippen LogP contribution < -0.4 is 10.2 Å². The van der Waals surface area contributed by atoms with E-state index in [0.717, 1.165) is 30.2 Å². The smallest absolute Gasteiger partial charge is 0.0410 e. The van der Waals surface area contributed by atoms with Gasteiger partial charge >= 0.3 is 0 Å². The Kier molecular flexibility index (Phi) is 3.58. The van der Waals surface area contributed by atoms with Crippen LogP contribution in [0.25, 0.3) is 0 Å². The molecule has 2 nitrogen and oxygen atoms in total. The van der Waals surface area contributed by atoms with Crippen LogP contribution in [0.15, 0.2) is 36.4 Å². The predicted molar refractivity (Wildman–Crippen MR) is 86.9 cm³/mol. The van der Waals surface area contributed by atoms with Crippen LogP contribution in [0.1, 0.15) is 16.7 Å². The fourth-order valence-electron chi connectivity index (χ4n) is 2.75. The number of hydrogen-bond acceptors (Lipinski definition) is 2. The van der Waals surface area contributed by atoms with Gasteiger partial charge in [0.05, 0.1) is 0 Å². The standard InChI is InChI=1S/C17H19ClN2/c1-12-9-15(18)4-5-16(12)19-11-13-3-6-17-14(10-13)7-8-20(17)2/h3-6,9-10,19H,7-8,11H2,1-2H3. The largest absolute Gasteiger partial charge is 0.381 e. The molecule has 2 aromatic rings. The molecule has 3 heteroatoms. The van der Waals surface area contributed by atoms with Crippen LogP contribution in [0.2, 0.25) is 5.02 Å². The first-order valence-corrected chi connectivity index (χ1v) is 7.34. The van der Waals surface area contributed by atoms with Crippen LogP contribution in [0, 0.1) is 6.92 Å². The highest BCUT2D eigenvalue weighted by atomic mass is 35.5. The fraction of sp³-hybridized carbons (Fsp3) is 0.294. The number of rotatable bonds is 3. The Morgan fingerprint density at radius 1 is 1.20 bits per heavy atom. The van der Waals surface area contributed by atoms with Gasteiger partial charge in [-0.05, 0) is 54.3 Å². The summed E-state index contributed by atoms with van der Waals surface area (Å²) in [5.41, 5.74) is 6.48. The van der Waals surface area contributed by atoms with Gasteiger partial charge in [-0.3, -0.25) is 0 Å². The lowest BCUT2D eigenvalue weighted by Gasteiger charge is -2.13. The third kappa shape index (κ3) is 2.61. The Labute approximate surface area is 125 Å². The summed E-state index contributed by atoms with van der Waals surface area (Å²) in [7, 11) is 2.15. The second-order valence-corrected chi connectivity index (χ2v) is 5.88. The minimum Gasteiger partial charge on any atom is -0.381 e. The van der Waals surface area contributed by atoms with Gasteiger partial charge in [0.15, 0.2) is 0 Å². The van der Waals surface area contributed by atoms with Crippen LogP contribution in [-0.2, 0) is 13.0 Å². The molecule has 20 heavy (non-hydrogen) atoms. The van der Waals surface area contributed by atoms with E-state index in [2.05, 4.69) is 42.4 Å². The maximum atomic E-state index is 5.98. The summed E-state index contributed by atoms with van der Waals surface area (Å²) in [6.07, 6.45) is 1.15. The number of nitrogens with one attached hydrogen (secondary N) is 1. The van der Waals surface area contributed by atoms with Crippen molar-refractivity contribution < 1.29 is 0 Å². The molecule has 0 saturated heterocycles. The van der Waals surface area contributed by atoms with E-state index in [1.807, 2.05) is 18.2 Å². The molecule has 1 aliphatic heterocycles. The third-order valence-corrected chi connectivity index (χ3v) is 4.18. The monoisotopic (exact) mass is 286 g/mol. The van der Waals surface area contributed by atoms with Gasteiger partial charge in [0, 0.05) is 36.5 Å². The summed E-state index contributed by atoms with van der Waals surface area (Å²) in [5.74, 6) is 0. The number of nitrogens with zero attached hydrogens (tertiary/aromatic N) is 1. The zero-order valence-corrected chi connectivity index (χ0v) is 12.7. The Balaban J connectivity index is 1.73. The number of benzene rings is 2. The van der Waals surface area contributed by atoms with Crippen LogP contribution in [0.3, 0.4) is 0 Å². The molecule has 1 aliphatic rings. The Bertz CT molecular complexity index is 637. The molecule has 0 unspecified atom stereocenters. The summed E-state index contributed by atoms with van der Waals surface area (Å²) < 4.78 is 0. The molecule has 0 spiro atoms. The van der Waals surface area contributed by atoms with Gasteiger partial charge in [-0.25, -0.2) is 0 Å². The van der Waals surface area contributed by atoms with Crippen molar-refractivity contribution in [3.05, 3.63) is 58.1 Å². The highest BCUT2D eigenvalue weighted by Crippen LogP contribution is 2.28. The topological polar surface area (TPSA) is 15.3 Å². The Morgan fingerprint density at radius 2 is 2.05 bits per heavy atom. The van der Waals surface area contributed by atoms with Crippen molar-refractivity contribution in [1.29, 1.82) is 0 Å². The number of aryl methyl sites for hydroxylation is 1. The van der Waals surface area contributed by atoms with Crippen molar-refractivity contribution >= 4 is 23.0 Å². The first-order chi connectivity index (χ1) is 9.63. The molecule has 0 fully saturated rings. The third-order valence-electron chi connectivity index (χ3n) is 3.94. The quantitative estimate of drug-likeness (QED) is 0.907. The summed E-state index contributed by atoms with van der Waals surface area (Å²) in [6.45, 7) is 4.05. The number of fused-ring (bicyclic) bond motifs is 1. The first kappa shape index (κ1) is 13.3. The van der Waals surface area contributed by atoms with E-state index < -0.39 is 0 Å². The number of anilines is 2. The number of halogens is 1. The molecule has 0 bridgehead atoms. The van der Waals surface area contributed by atoms with Crippen molar-refractivity contribution in [2.75, 3.05) is 23.8 Å². The van der Waals surface area contributed by atoms with E-state index in [9.17, 15) is 0 Å². The molecule has 104 valence electrons. The van der Waals surface area contributed by atoms with Gasteiger partial charge in [0.25, 0.3) is 0 Å². The first-order valence-electron chi connectivity index (χ1n) is 6.96. The maximum Gasteiger partial charge on any atom is 0.0410 e. The van der Waals surface area contributed by atoms with Crippen LogP contribution in [0.5, 0.6) is 0 Å². The molecule has 1 N–H and O–H groups in total. The van der Waals surface area contributed by atoms with E-state index in [1.165, 1.54) is 22.4 Å². The predicted octanol–water partition coefficient (Wildman–Crippen LogP) is 4.25. The molecule has 0 saturated carbocycles. The molecule has 0 radical (unpaired) electrons. The lowest BCUT2D eigenvalue weighted by atomic mass is 10.1. The minimum atomic E-state index is 0.786. The average Bonchev–Trinajstić information content (AvgIpc) is 2.79. The van der Waals surface area contributed by atoms with Gasteiger partial charge in [0.1, 0.15) is 0 Å². The van der Waals surface area contributed by atoms with Crippen molar-refractivity contribution in [1.82, 2.24) is 0 Å². The van der Waals surface area contributed by atoms with Gasteiger partial charge < -0.3 is 10.2 Å². The van der Waals surface area contributed by atoms with Gasteiger partial charge in [-0.15, -0.1) is 0 Å². The molecule has 0 amide bonds. The SMILES string of the molecule is Cc1cc(Cl)ccc1NCc1ccc2c(c1)CCN2C. The highest BCUT2D eigenvalue weighted by molar-refractivity contribution is 6.30. The van der Waals surface area contributed by atoms with E-state index in [0.29, 0.717) is 0 Å². The second kappa shape index (κ2) is 5.37. The van der Waals surface area contributed by atoms with Gasteiger partial charge in [-0.2, -0.15) is 0 Å². The second-order valence-electron chi connectivity index (χ2n) is 5.45. The molecule has 0 atom stereocenters. The molecular formula is C17H19ClN2. The highest BCUT2D eigenvalue weighted by Gasteiger charge is 2.15. The van der Waals surface area contributed by atoms with Crippen molar-refractivity contribution in [3.63, 3.8) is 0 Å². The molecule has 2 aromatic carbocycles. The van der Waals surface area contributed by atoms with E-state index in [-0.39, 0.29) is 0 Å². The number of hydrogen-bond donors (Lipinski definition) is 1.